The molecule has 0 saturated carbocycles. The molecule has 2 heteroatoms. The summed E-state index contributed by atoms with van der Waals surface area (Å²) in [6, 6.07) is 10.0. The van der Waals surface area contributed by atoms with Gasteiger partial charge in [0.2, 0.25) is 0 Å². The Balaban J connectivity index is 2.88. The van der Waals surface area contributed by atoms with E-state index in [4.69, 9.17) is 5.26 Å². The number of nitrogens with zero attached hydrogens (tertiary/aromatic N) is 1. The third-order valence-corrected chi connectivity index (χ3v) is 2.17. The number of rotatable bonds is 2. The van der Waals surface area contributed by atoms with Gasteiger partial charge < -0.3 is 0 Å². The molecule has 0 aliphatic carbocycles. The molecule has 1 nitrogen and oxygen atoms in total. The molecule has 0 aliphatic heterocycles. The quantitative estimate of drug-likeness (QED) is 0.509. The summed E-state index contributed by atoms with van der Waals surface area (Å²) in [5.74, 6) is 0. The molecule has 1 aromatic carbocycles. The summed E-state index contributed by atoms with van der Waals surface area (Å²) >= 11 is 1.70. The first-order chi connectivity index (χ1) is 5.86. The molecule has 0 atom stereocenters. The van der Waals surface area contributed by atoms with Crippen molar-refractivity contribution in [2.45, 2.75) is 4.90 Å². The number of nitriles is 1. The average Bonchev–Trinajstić information content (AvgIpc) is 2.15. The zero-order valence-electron chi connectivity index (χ0n) is 6.82. The second kappa shape index (κ2) is 4.63. The first-order valence-corrected chi connectivity index (χ1v) is 4.79. The highest BCUT2D eigenvalue weighted by Crippen LogP contribution is 2.16. The van der Waals surface area contributed by atoms with E-state index in [0.29, 0.717) is 0 Å². The molecule has 0 saturated heterocycles. The van der Waals surface area contributed by atoms with E-state index < -0.39 is 0 Å². The van der Waals surface area contributed by atoms with Crippen LogP contribution in [-0.2, 0) is 0 Å². The third-order valence-electron chi connectivity index (χ3n) is 1.44. The van der Waals surface area contributed by atoms with Crippen LogP contribution in [0.4, 0.5) is 0 Å². The van der Waals surface area contributed by atoms with E-state index in [-0.39, 0.29) is 0 Å². The normalized spacial score (nSPS) is 10.0. The monoisotopic (exact) mass is 175 g/mol. The second-order valence-electron chi connectivity index (χ2n) is 2.24. The molecule has 0 amide bonds. The van der Waals surface area contributed by atoms with Crippen molar-refractivity contribution in [3.05, 3.63) is 35.9 Å². The minimum Gasteiger partial charge on any atom is -0.193 e. The summed E-state index contributed by atoms with van der Waals surface area (Å²) in [7, 11) is 0. The van der Waals surface area contributed by atoms with Crippen LogP contribution in [-0.4, -0.2) is 6.26 Å². The van der Waals surface area contributed by atoms with Crippen LogP contribution in [0.15, 0.2) is 35.2 Å². The van der Waals surface area contributed by atoms with Crippen LogP contribution in [0.25, 0.3) is 6.08 Å². The van der Waals surface area contributed by atoms with Crippen LogP contribution in [0.5, 0.6) is 0 Å². The Morgan fingerprint density at radius 1 is 1.50 bits per heavy atom. The number of allylic oxidation sites excluding steroid dienone is 1. The molecule has 1 rings (SSSR count). The SMILES string of the molecule is CSc1cccc(C=CC#N)c1. The van der Waals surface area contributed by atoms with Crippen LogP contribution in [0.2, 0.25) is 0 Å². The van der Waals surface area contributed by atoms with E-state index in [1.807, 2.05) is 30.5 Å². The maximum absolute atomic E-state index is 8.31. The molecule has 0 aromatic heterocycles. The molecule has 0 unspecified atom stereocenters. The summed E-state index contributed by atoms with van der Waals surface area (Å²) in [6.07, 6.45) is 5.33. The summed E-state index contributed by atoms with van der Waals surface area (Å²) in [4.78, 5) is 1.22. The fourth-order valence-corrected chi connectivity index (χ4v) is 1.35. The fraction of sp³-hybridized carbons (Fsp3) is 0.100. The second-order valence-corrected chi connectivity index (χ2v) is 3.12. The van der Waals surface area contributed by atoms with E-state index in [2.05, 4.69) is 6.07 Å². The van der Waals surface area contributed by atoms with E-state index in [0.717, 1.165) is 5.56 Å². The van der Waals surface area contributed by atoms with E-state index in [9.17, 15) is 0 Å². The van der Waals surface area contributed by atoms with Gasteiger partial charge in [-0.1, -0.05) is 12.1 Å². The molecule has 60 valence electrons. The van der Waals surface area contributed by atoms with Gasteiger partial charge in [0.05, 0.1) is 6.07 Å². The van der Waals surface area contributed by atoms with Crippen LogP contribution in [0, 0.1) is 11.3 Å². The summed E-state index contributed by atoms with van der Waals surface area (Å²) < 4.78 is 0. The smallest absolute Gasteiger partial charge is 0.0912 e. The fourth-order valence-electron chi connectivity index (χ4n) is 0.879. The van der Waals surface area contributed by atoms with Crippen LogP contribution >= 0.6 is 11.8 Å². The molecule has 0 radical (unpaired) electrons. The minimum absolute atomic E-state index is 1.07. The minimum atomic E-state index is 1.07. The Bertz CT molecular complexity index is 323. The Hall–Kier alpha value is -1.20. The Morgan fingerprint density at radius 2 is 2.33 bits per heavy atom. The van der Waals surface area contributed by atoms with Gasteiger partial charge in [-0.15, -0.1) is 11.8 Å². The molecule has 1 aromatic rings. The standard InChI is InChI=1S/C10H9NS/c1-12-10-6-2-4-9(8-10)5-3-7-11/h2-6,8H,1H3. The Kier molecular flexibility index (Phi) is 3.43. The van der Waals surface area contributed by atoms with E-state index in [1.54, 1.807) is 17.8 Å². The molecule has 0 aliphatic rings. The van der Waals surface area contributed by atoms with Crippen LogP contribution in [0.1, 0.15) is 5.56 Å². The van der Waals surface area contributed by atoms with Crippen molar-refractivity contribution in [3.8, 4) is 6.07 Å². The number of hydrogen-bond donors (Lipinski definition) is 0. The molecule has 0 spiro atoms. The van der Waals surface area contributed by atoms with Crippen LogP contribution < -0.4 is 0 Å². The largest absolute Gasteiger partial charge is 0.193 e. The number of benzene rings is 1. The highest BCUT2D eigenvalue weighted by molar-refractivity contribution is 7.98. The van der Waals surface area contributed by atoms with Gasteiger partial charge in [-0.3, -0.25) is 0 Å². The van der Waals surface area contributed by atoms with Gasteiger partial charge in [-0.2, -0.15) is 5.26 Å². The van der Waals surface area contributed by atoms with Gasteiger partial charge in [0.15, 0.2) is 0 Å². The predicted molar refractivity (Wildman–Crippen MR) is 52.9 cm³/mol. The predicted octanol–water partition coefficient (Wildman–Crippen LogP) is 2.95. The molecule has 0 N–H and O–H groups in total. The van der Waals surface area contributed by atoms with Crippen molar-refractivity contribution in [3.63, 3.8) is 0 Å². The summed E-state index contributed by atoms with van der Waals surface area (Å²) in [5, 5.41) is 8.31. The first-order valence-electron chi connectivity index (χ1n) is 3.57. The third kappa shape index (κ3) is 2.44. The maximum Gasteiger partial charge on any atom is 0.0912 e. The highest BCUT2D eigenvalue weighted by Gasteiger charge is 1.89. The first kappa shape index (κ1) is 8.89. The van der Waals surface area contributed by atoms with Crippen molar-refractivity contribution in [2.75, 3.05) is 6.26 Å². The van der Waals surface area contributed by atoms with Crippen LogP contribution in [0.3, 0.4) is 0 Å². The van der Waals surface area contributed by atoms with Crippen molar-refractivity contribution in [1.29, 1.82) is 5.26 Å². The van der Waals surface area contributed by atoms with Crippen molar-refractivity contribution in [2.24, 2.45) is 0 Å². The van der Waals surface area contributed by atoms with Crippen molar-refractivity contribution >= 4 is 17.8 Å². The van der Waals surface area contributed by atoms with E-state index >= 15 is 0 Å². The topological polar surface area (TPSA) is 23.8 Å². The maximum atomic E-state index is 8.31. The lowest BCUT2D eigenvalue weighted by atomic mass is 10.2. The molecule has 12 heavy (non-hydrogen) atoms. The Morgan fingerprint density at radius 3 is 3.00 bits per heavy atom. The van der Waals surface area contributed by atoms with Gasteiger partial charge >= 0.3 is 0 Å². The van der Waals surface area contributed by atoms with Crippen molar-refractivity contribution < 1.29 is 0 Å². The van der Waals surface area contributed by atoms with Gasteiger partial charge in [0, 0.05) is 11.0 Å². The Labute approximate surface area is 76.7 Å². The van der Waals surface area contributed by atoms with E-state index in [1.165, 1.54) is 11.0 Å². The molecule has 0 heterocycles. The summed E-state index contributed by atoms with van der Waals surface area (Å²) in [6.45, 7) is 0. The van der Waals surface area contributed by atoms with Gasteiger partial charge in [-0.25, -0.2) is 0 Å². The lowest BCUT2D eigenvalue weighted by Crippen LogP contribution is -1.72. The average molecular weight is 175 g/mol. The number of hydrogen-bond acceptors (Lipinski definition) is 2. The molecular weight excluding hydrogens is 166 g/mol. The van der Waals surface area contributed by atoms with Gasteiger partial charge in [0.25, 0.3) is 0 Å². The zero-order chi connectivity index (χ0) is 8.81. The lowest BCUT2D eigenvalue weighted by molar-refractivity contribution is 1.45. The van der Waals surface area contributed by atoms with Gasteiger partial charge in [-0.05, 0) is 30.0 Å². The lowest BCUT2D eigenvalue weighted by Gasteiger charge is -1.96. The van der Waals surface area contributed by atoms with Gasteiger partial charge in [0.1, 0.15) is 0 Å². The molecule has 0 bridgehead atoms. The zero-order valence-corrected chi connectivity index (χ0v) is 7.64. The number of thioether (sulfide) groups is 1. The van der Waals surface area contributed by atoms with Crippen molar-refractivity contribution in [1.82, 2.24) is 0 Å². The molecule has 0 fully saturated rings. The summed E-state index contributed by atoms with van der Waals surface area (Å²) in [5.41, 5.74) is 1.07. The highest BCUT2D eigenvalue weighted by atomic mass is 32.2. The molecular formula is C10H9NS.